The second kappa shape index (κ2) is 14.7. The number of hydrogen-bond donors (Lipinski definition) is 6. The van der Waals surface area contributed by atoms with E-state index in [-0.39, 0.29) is 36.0 Å². The van der Waals surface area contributed by atoms with Crippen molar-refractivity contribution in [1.82, 2.24) is 40.4 Å². The second-order valence-electron chi connectivity index (χ2n) is 16.8. The molecule has 10 atom stereocenters. The Morgan fingerprint density at radius 3 is 1.65 bits per heavy atom. The molecule has 4 heterocycles. The average Bonchev–Trinajstić information content (AvgIpc) is 4.04. The number of imidazole rings is 2. The molecule has 2 saturated heterocycles. The number of benzene rings is 2. The van der Waals surface area contributed by atoms with Gasteiger partial charge in [0.1, 0.15) is 23.7 Å². The van der Waals surface area contributed by atoms with Gasteiger partial charge in [-0.1, -0.05) is 37.1 Å². The third-order valence-corrected chi connectivity index (χ3v) is 13.5. The lowest BCUT2D eigenvalue weighted by Crippen LogP contribution is -2.55. The SMILES string of the molecule is CNC(C(=O)N1C(c2ncc(-c3ccc4c(c3)-c3ccc(-c5cnc([C@@H]6CC7CCCC7N6C(=O)C(NC(=O)OC)C(C)O)[nH]5)cc3-4)[nH]2)CC2CCCC21)C(C)O. The summed E-state index contributed by atoms with van der Waals surface area (Å²) in [6, 6.07) is 10.8. The normalized spacial score (nSPS) is 26.5. The summed E-state index contributed by atoms with van der Waals surface area (Å²) in [6.07, 6.45) is 8.79. The summed E-state index contributed by atoms with van der Waals surface area (Å²) < 4.78 is 4.75. The smallest absolute Gasteiger partial charge is 0.407 e. The molecule has 0 bridgehead atoms. The lowest BCUT2D eigenvalue weighted by atomic mass is 9.78. The van der Waals surface area contributed by atoms with E-state index in [9.17, 15) is 24.6 Å². The number of rotatable bonds is 10. The van der Waals surface area contributed by atoms with Gasteiger partial charge < -0.3 is 45.4 Å². The number of aromatic nitrogens is 4. The first kappa shape index (κ1) is 37.5. The average molecular weight is 777 g/mol. The molecule has 57 heavy (non-hydrogen) atoms. The van der Waals surface area contributed by atoms with E-state index in [2.05, 4.69) is 57.0 Å². The molecule has 0 spiro atoms. The van der Waals surface area contributed by atoms with Gasteiger partial charge in [-0.05, 0) is 106 Å². The van der Waals surface area contributed by atoms with Gasteiger partial charge in [0, 0.05) is 23.2 Å². The molecule has 2 aromatic carbocycles. The lowest BCUT2D eigenvalue weighted by Gasteiger charge is -2.33. The highest BCUT2D eigenvalue weighted by Crippen LogP contribution is 2.51. The summed E-state index contributed by atoms with van der Waals surface area (Å²) in [4.78, 5) is 60.4. The van der Waals surface area contributed by atoms with Crippen molar-refractivity contribution < 1.29 is 29.3 Å². The number of aliphatic hydroxyl groups excluding tert-OH is 2. The van der Waals surface area contributed by atoms with Crippen LogP contribution in [0.25, 0.3) is 44.8 Å². The summed E-state index contributed by atoms with van der Waals surface area (Å²) in [5.74, 6) is 1.86. The Hall–Kier alpha value is -5.05. The van der Waals surface area contributed by atoms with Gasteiger partial charge in [-0.15, -0.1) is 0 Å². The van der Waals surface area contributed by atoms with Gasteiger partial charge >= 0.3 is 6.09 Å². The highest BCUT2D eigenvalue weighted by atomic mass is 16.5. The zero-order valence-corrected chi connectivity index (χ0v) is 32.9. The number of nitrogens with zero attached hydrogens (tertiary/aromatic N) is 4. The standard InChI is InChI=1S/C43H52N8O6/c1-21(52)37(44-3)41(54)50-33-9-5-7-25(33)17-35(50)39-45-19-31(47-39)23-11-13-27-29(15-23)28-14-12-24(16-30(27)28)32-20-46-40(48-32)36-18-26-8-6-10-34(26)51(36)42(55)38(22(2)53)49-43(56)57-4/h11-16,19-22,25-26,33-38,44,52-53H,5-10,17-18H2,1-4H3,(H,45,47)(H,46,48)(H,49,56)/t21?,22?,25?,26?,33?,34?,35?,36-,37?,38?/m0/s1. The number of likely N-dealkylation sites (tertiary alicyclic amines) is 2. The summed E-state index contributed by atoms with van der Waals surface area (Å²) in [5.41, 5.74) is 8.40. The Labute approximate surface area is 331 Å². The van der Waals surface area contributed by atoms with Crippen LogP contribution < -0.4 is 10.6 Å². The maximum atomic E-state index is 14.0. The highest BCUT2D eigenvalue weighted by molar-refractivity contribution is 6.04. The molecule has 0 radical (unpaired) electrons. The van der Waals surface area contributed by atoms with Gasteiger partial charge in [0.25, 0.3) is 0 Å². The molecule has 3 amide bonds. The van der Waals surface area contributed by atoms with Crippen LogP contribution in [-0.2, 0) is 14.3 Å². The fraction of sp³-hybridized carbons (Fsp3) is 0.512. The van der Waals surface area contributed by atoms with E-state index in [4.69, 9.17) is 14.7 Å². The number of fused-ring (bicyclic) bond motifs is 6. The number of methoxy groups -OCH3 is 1. The summed E-state index contributed by atoms with van der Waals surface area (Å²) in [5, 5.41) is 26.4. The molecule has 14 heteroatoms. The molecule has 9 unspecified atom stereocenters. The van der Waals surface area contributed by atoms with Crippen LogP contribution in [0.4, 0.5) is 4.79 Å². The minimum Gasteiger partial charge on any atom is -0.453 e. The monoisotopic (exact) mass is 776 g/mol. The summed E-state index contributed by atoms with van der Waals surface area (Å²) in [6.45, 7) is 3.15. The molecule has 3 aliphatic carbocycles. The van der Waals surface area contributed by atoms with Crippen molar-refractivity contribution in [2.75, 3.05) is 14.2 Å². The van der Waals surface area contributed by atoms with Crippen molar-refractivity contribution >= 4 is 17.9 Å². The minimum atomic E-state index is -1.13. The zero-order chi connectivity index (χ0) is 39.7. The maximum Gasteiger partial charge on any atom is 0.407 e. The Kier molecular flexibility index (Phi) is 9.69. The predicted molar refractivity (Wildman–Crippen MR) is 212 cm³/mol. The first-order chi connectivity index (χ1) is 27.6. The van der Waals surface area contributed by atoms with Crippen LogP contribution in [0.3, 0.4) is 0 Å². The molecular weight excluding hydrogens is 725 g/mol. The van der Waals surface area contributed by atoms with Gasteiger partial charge in [0.05, 0.1) is 55.2 Å². The maximum absolute atomic E-state index is 14.0. The number of alkyl carbamates (subject to hydrolysis) is 1. The summed E-state index contributed by atoms with van der Waals surface area (Å²) >= 11 is 0. The van der Waals surface area contributed by atoms with Crippen molar-refractivity contribution in [2.24, 2.45) is 11.8 Å². The van der Waals surface area contributed by atoms with Crippen molar-refractivity contribution in [2.45, 2.75) is 114 Å². The lowest BCUT2D eigenvalue weighted by molar-refractivity contribution is -0.140. The molecule has 2 aromatic heterocycles. The molecule has 14 nitrogen and oxygen atoms in total. The second-order valence-corrected chi connectivity index (χ2v) is 16.8. The minimum absolute atomic E-state index is 0.0242. The van der Waals surface area contributed by atoms with Gasteiger partial charge in [0.2, 0.25) is 11.8 Å². The number of likely N-dealkylation sites (N-methyl/N-ethyl adjacent to an activating group) is 1. The number of amides is 3. The molecule has 4 aromatic rings. The van der Waals surface area contributed by atoms with Crippen molar-refractivity contribution in [3.63, 3.8) is 0 Å². The van der Waals surface area contributed by atoms with E-state index in [1.807, 2.05) is 22.2 Å². The number of carbonyl (C=O) groups is 3. The first-order valence-corrected chi connectivity index (χ1v) is 20.5. The van der Waals surface area contributed by atoms with Crippen LogP contribution in [0.5, 0.6) is 0 Å². The third kappa shape index (κ3) is 6.32. The predicted octanol–water partition coefficient (Wildman–Crippen LogP) is 5.07. The van der Waals surface area contributed by atoms with Gasteiger partial charge in [0.15, 0.2) is 0 Å². The van der Waals surface area contributed by atoms with E-state index in [0.29, 0.717) is 17.7 Å². The number of nitrogens with one attached hydrogen (secondary N) is 4. The van der Waals surface area contributed by atoms with Crippen molar-refractivity contribution in [1.29, 1.82) is 0 Å². The number of aliphatic hydroxyl groups is 2. The van der Waals surface area contributed by atoms with E-state index in [1.54, 1.807) is 14.0 Å². The molecule has 2 saturated carbocycles. The zero-order valence-electron chi connectivity index (χ0n) is 32.9. The Balaban J connectivity index is 0.930. The van der Waals surface area contributed by atoms with E-state index < -0.39 is 30.4 Å². The number of H-pyrrole nitrogens is 2. The summed E-state index contributed by atoms with van der Waals surface area (Å²) in [7, 11) is 2.96. The third-order valence-electron chi connectivity index (χ3n) is 13.5. The fourth-order valence-electron chi connectivity index (χ4n) is 10.7. The van der Waals surface area contributed by atoms with Gasteiger partial charge in [-0.2, -0.15) is 0 Å². The highest BCUT2D eigenvalue weighted by Gasteiger charge is 2.51. The molecule has 300 valence electrons. The number of carbonyl (C=O) groups excluding carboxylic acids is 3. The van der Waals surface area contributed by atoms with Crippen LogP contribution in [0, 0.1) is 11.8 Å². The van der Waals surface area contributed by atoms with Crippen LogP contribution in [0.1, 0.15) is 88.9 Å². The van der Waals surface area contributed by atoms with Crippen molar-refractivity contribution in [3.05, 3.63) is 60.4 Å². The quantitative estimate of drug-likeness (QED) is 0.113. The van der Waals surface area contributed by atoms with Crippen LogP contribution in [-0.4, -0.2) is 108 Å². The molecular formula is C43H52N8O6. The number of aromatic amines is 2. The molecule has 2 aliphatic heterocycles. The van der Waals surface area contributed by atoms with Crippen LogP contribution in [0.2, 0.25) is 0 Å². The fourth-order valence-corrected chi connectivity index (χ4v) is 10.7. The van der Waals surface area contributed by atoms with Gasteiger partial charge in [-0.25, -0.2) is 14.8 Å². The first-order valence-electron chi connectivity index (χ1n) is 20.5. The van der Waals surface area contributed by atoms with Crippen LogP contribution in [0.15, 0.2) is 48.8 Å². The molecule has 4 fully saturated rings. The Morgan fingerprint density at radius 2 is 1.21 bits per heavy atom. The molecule has 6 N–H and O–H groups in total. The van der Waals surface area contributed by atoms with Gasteiger partial charge in [-0.3, -0.25) is 9.59 Å². The van der Waals surface area contributed by atoms with E-state index >= 15 is 0 Å². The van der Waals surface area contributed by atoms with Crippen LogP contribution >= 0.6 is 0 Å². The largest absolute Gasteiger partial charge is 0.453 e. The Morgan fingerprint density at radius 1 is 0.737 bits per heavy atom. The van der Waals surface area contributed by atoms with Crippen molar-refractivity contribution in [3.8, 4) is 44.8 Å². The topological polar surface area (TPSA) is 189 Å². The number of hydrogen-bond acceptors (Lipinski definition) is 9. The molecule has 9 rings (SSSR count). The number of ether oxygens (including phenoxy) is 1. The van der Waals surface area contributed by atoms with E-state index in [1.165, 1.54) is 14.0 Å². The van der Waals surface area contributed by atoms with E-state index in [0.717, 1.165) is 102 Å². The Bertz CT molecular complexity index is 2200. The molecule has 5 aliphatic rings.